The molecule has 0 saturated heterocycles. The third kappa shape index (κ3) is 8.81. The van der Waals surface area contributed by atoms with Gasteiger partial charge in [-0.2, -0.15) is 0 Å². The minimum absolute atomic E-state index is 0.0831. The van der Waals surface area contributed by atoms with Crippen LogP contribution in [-0.4, -0.2) is 41.5 Å². The zero-order chi connectivity index (χ0) is 24.9. The quantitative estimate of drug-likeness (QED) is 0.194. The molecule has 184 valence electrons. The zero-order valence-corrected chi connectivity index (χ0v) is 20.2. The van der Waals surface area contributed by atoms with Gasteiger partial charge in [-0.1, -0.05) is 72.8 Å². The van der Waals surface area contributed by atoms with E-state index in [0.29, 0.717) is 26.1 Å². The molecule has 0 aliphatic rings. The van der Waals surface area contributed by atoms with Crippen molar-refractivity contribution < 1.29 is 9.90 Å². The summed E-state index contributed by atoms with van der Waals surface area (Å²) in [6.45, 7) is 1.83. The summed E-state index contributed by atoms with van der Waals surface area (Å²) < 4.78 is 0. The predicted molar refractivity (Wildman–Crippen MR) is 142 cm³/mol. The lowest BCUT2D eigenvalue weighted by Crippen LogP contribution is -2.34. The van der Waals surface area contributed by atoms with E-state index in [-0.39, 0.29) is 23.5 Å². The van der Waals surface area contributed by atoms with Gasteiger partial charge in [0.15, 0.2) is 5.96 Å². The Bertz CT molecular complexity index is 1010. The van der Waals surface area contributed by atoms with Crippen LogP contribution in [0.4, 0.5) is 0 Å². The molecule has 0 atom stereocenters. The van der Waals surface area contributed by atoms with Crippen molar-refractivity contribution >= 4 is 11.9 Å². The Balaban J connectivity index is 1.69. The summed E-state index contributed by atoms with van der Waals surface area (Å²) in [7, 11) is 0. The van der Waals surface area contributed by atoms with Gasteiger partial charge < -0.3 is 21.5 Å². The van der Waals surface area contributed by atoms with Crippen LogP contribution in [-0.2, 0) is 11.2 Å². The van der Waals surface area contributed by atoms with Crippen molar-refractivity contribution in [2.45, 2.75) is 38.0 Å². The van der Waals surface area contributed by atoms with Crippen LogP contribution in [0.15, 0.2) is 89.9 Å². The normalized spacial score (nSPS) is 10.8. The Hall–Kier alpha value is -3.80. The third-order valence-corrected chi connectivity index (χ3v) is 6.14. The van der Waals surface area contributed by atoms with Crippen LogP contribution in [0.2, 0.25) is 0 Å². The van der Waals surface area contributed by atoms with E-state index in [1.807, 2.05) is 29.2 Å². The lowest BCUT2D eigenvalue weighted by molar-refractivity contribution is -0.131. The van der Waals surface area contributed by atoms with Gasteiger partial charge in [0.25, 0.3) is 0 Å². The molecule has 0 radical (unpaired) electrons. The highest BCUT2D eigenvalue weighted by Gasteiger charge is 2.19. The topological polar surface area (TPSA) is 105 Å². The number of hydrogen-bond acceptors (Lipinski definition) is 3. The van der Waals surface area contributed by atoms with Crippen molar-refractivity contribution in [3.63, 3.8) is 0 Å². The number of phenols is 1. The summed E-state index contributed by atoms with van der Waals surface area (Å²) in [5.74, 6) is 0.687. The van der Waals surface area contributed by atoms with Crippen molar-refractivity contribution in [3.05, 3.63) is 102 Å². The number of benzene rings is 3. The van der Waals surface area contributed by atoms with Gasteiger partial charge in [-0.3, -0.25) is 9.79 Å². The SMILES string of the molecule is NC(N)=NCCCCC(=O)N(CCc1ccc(O)cc1)CCC(c1ccccc1)c1ccccc1. The van der Waals surface area contributed by atoms with E-state index < -0.39 is 0 Å². The van der Waals surface area contributed by atoms with Crippen molar-refractivity contribution in [1.82, 2.24) is 4.90 Å². The number of carbonyl (C=O) groups is 1. The summed E-state index contributed by atoms with van der Waals surface area (Å²) in [5.41, 5.74) is 14.4. The highest BCUT2D eigenvalue weighted by molar-refractivity contribution is 5.76. The number of aliphatic imine (C=N–C) groups is 1. The molecule has 0 aliphatic carbocycles. The van der Waals surface area contributed by atoms with E-state index >= 15 is 0 Å². The first kappa shape index (κ1) is 25.8. The number of phenolic OH excluding ortho intramolecular Hbond substituents is 1. The molecule has 0 fully saturated rings. The number of amides is 1. The second-order valence-corrected chi connectivity index (χ2v) is 8.72. The van der Waals surface area contributed by atoms with Crippen LogP contribution in [0.5, 0.6) is 5.75 Å². The summed E-state index contributed by atoms with van der Waals surface area (Å²) in [4.78, 5) is 19.2. The zero-order valence-electron chi connectivity index (χ0n) is 20.2. The fourth-order valence-corrected chi connectivity index (χ4v) is 4.22. The van der Waals surface area contributed by atoms with Gasteiger partial charge in [0.1, 0.15) is 5.75 Å². The molecule has 0 heterocycles. The van der Waals surface area contributed by atoms with Gasteiger partial charge >= 0.3 is 0 Å². The van der Waals surface area contributed by atoms with E-state index in [2.05, 4.69) is 53.5 Å². The Morgan fingerprint density at radius 1 is 0.829 bits per heavy atom. The van der Waals surface area contributed by atoms with Crippen LogP contribution in [0, 0.1) is 0 Å². The van der Waals surface area contributed by atoms with Crippen molar-refractivity contribution in [2.75, 3.05) is 19.6 Å². The van der Waals surface area contributed by atoms with Gasteiger partial charge in [-0.25, -0.2) is 0 Å². The Labute approximate surface area is 208 Å². The molecule has 0 saturated carbocycles. The smallest absolute Gasteiger partial charge is 0.222 e. The molecule has 0 aromatic heterocycles. The van der Waals surface area contributed by atoms with Gasteiger partial charge in [-0.15, -0.1) is 0 Å². The Morgan fingerprint density at radius 3 is 2.00 bits per heavy atom. The first-order valence-corrected chi connectivity index (χ1v) is 12.2. The second-order valence-electron chi connectivity index (χ2n) is 8.72. The largest absolute Gasteiger partial charge is 0.508 e. The molecule has 0 unspecified atom stereocenters. The number of aromatic hydroxyl groups is 1. The standard InChI is InChI=1S/C29H36N4O2/c30-29(31)32-20-8-7-13-28(35)33(21-18-23-14-16-26(34)17-15-23)22-19-27(24-9-3-1-4-10-24)25-11-5-2-6-12-25/h1-6,9-12,14-17,27,34H,7-8,13,18-22H2,(H4,30,31,32). The number of carbonyl (C=O) groups excluding carboxylic acids is 1. The maximum atomic E-state index is 13.2. The maximum absolute atomic E-state index is 13.2. The number of nitrogens with zero attached hydrogens (tertiary/aromatic N) is 2. The van der Waals surface area contributed by atoms with Crippen molar-refractivity contribution in [3.8, 4) is 5.75 Å². The summed E-state index contributed by atoms with van der Waals surface area (Å²) in [6.07, 6.45) is 3.56. The van der Waals surface area contributed by atoms with Crippen LogP contribution in [0.1, 0.15) is 48.3 Å². The third-order valence-electron chi connectivity index (χ3n) is 6.14. The Morgan fingerprint density at radius 2 is 1.43 bits per heavy atom. The number of guanidine groups is 1. The molecule has 3 aromatic rings. The van der Waals surface area contributed by atoms with Crippen LogP contribution >= 0.6 is 0 Å². The molecule has 0 aliphatic heterocycles. The summed E-state index contributed by atoms with van der Waals surface area (Å²) in [6, 6.07) is 28.1. The fourth-order valence-electron chi connectivity index (χ4n) is 4.22. The van der Waals surface area contributed by atoms with Gasteiger partial charge in [0, 0.05) is 32.0 Å². The number of nitrogens with two attached hydrogens (primary N) is 2. The number of rotatable bonds is 13. The highest BCUT2D eigenvalue weighted by Crippen LogP contribution is 2.28. The monoisotopic (exact) mass is 472 g/mol. The summed E-state index contributed by atoms with van der Waals surface area (Å²) in [5, 5.41) is 9.57. The van der Waals surface area contributed by atoms with E-state index in [0.717, 1.165) is 31.2 Å². The van der Waals surface area contributed by atoms with Crippen LogP contribution in [0.25, 0.3) is 0 Å². The van der Waals surface area contributed by atoms with Crippen molar-refractivity contribution in [1.29, 1.82) is 0 Å². The molecular formula is C29H36N4O2. The maximum Gasteiger partial charge on any atom is 0.222 e. The molecule has 6 nitrogen and oxygen atoms in total. The molecule has 3 aromatic carbocycles. The molecule has 5 N–H and O–H groups in total. The van der Waals surface area contributed by atoms with E-state index in [1.165, 1.54) is 11.1 Å². The number of hydrogen-bond donors (Lipinski definition) is 3. The first-order valence-electron chi connectivity index (χ1n) is 12.2. The van der Waals surface area contributed by atoms with Gasteiger partial charge in [0.2, 0.25) is 5.91 Å². The minimum atomic E-state index is 0.0831. The molecule has 0 bridgehead atoms. The van der Waals surface area contributed by atoms with Crippen molar-refractivity contribution in [2.24, 2.45) is 16.5 Å². The van der Waals surface area contributed by atoms with Gasteiger partial charge in [0.05, 0.1) is 0 Å². The second kappa shape index (κ2) is 13.8. The Kier molecular flexibility index (Phi) is 10.2. The van der Waals surface area contributed by atoms with Crippen LogP contribution in [0.3, 0.4) is 0 Å². The minimum Gasteiger partial charge on any atom is -0.508 e. The lowest BCUT2D eigenvalue weighted by atomic mass is 9.88. The van der Waals surface area contributed by atoms with E-state index in [1.54, 1.807) is 12.1 Å². The van der Waals surface area contributed by atoms with E-state index in [9.17, 15) is 9.90 Å². The molecule has 35 heavy (non-hydrogen) atoms. The molecule has 6 heteroatoms. The highest BCUT2D eigenvalue weighted by atomic mass is 16.3. The molecule has 0 spiro atoms. The predicted octanol–water partition coefficient (Wildman–Crippen LogP) is 4.43. The van der Waals surface area contributed by atoms with E-state index in [4.69, 9.17) is 11.5 Å². The number of unbranched alkanes of at least 4 members (excludes halogenated alkanes) is 1. The molecular weight excluding hydrogens is 436 g/mol. The average Bonchev–Trinajstić information content (AvgIpc) is 2.87. The fraction of sp³-hybridized carbons (Fsp3) is 0.310. The van der Waals surface area contributed by atoms with Crippen LogP contribution < -0.4 is 11.5 Å². The lowest BCUT2D eigenvalue weighted by Gasteiger charge is -2.26. The average molecular weight is 473 g/mol. The first-order chi connectivity index (χ1) is 17.0. The molecule has 3 rings (SSSR count). The van der Waals surface area contributed by atoms with Gasteiger partial charge in [-0.05, 0) is 54.5 Å². The molecule has 1 amide bonds. The summed E-state index contributed by atoms with van der Waals surface area (Å²) >= 11 is 0.